The summed E-state index contributed by atoms with van der Waals surface area (Å²) < 4.78 is 0. The number of hydrogen-bond donors (Lipinski definition) is 1. The van der Waals surface area contributed by atoms with E-state index in [4.69, 9.17) is 11.6 Å². The van der Waals surface area contributed by atoms with E-state index in [-0.39, 0.29) is 6.04 Å². The summed E-state index contributed by atoms with van der Waals surface area (Å²) in [7, 11) is 0. The van der Waals surface area contributed by atoms with Gasteiger partial charge in [0.05, 0.1) is 10.7 Å². The number of halogens is 1. The monoisotopic (exact) mass is 294 g/mol. The Labute approximate surface area is 123 Å². The molecule has 0 amide bonds. The lowest BCUT2D eigenvalue weighted by Gasteiger charge is -2.22. The van der Waals surface area contributed by atoms with Crippen LogP contribution in [0.1, 0.15) is 48.6 Å². The molecule has 0 aliphatic heterocycles. The molecule has 1 aromatic heterocycles. The zero-order chi connectivity index (χ0) is 13.8. The molecule has 0 aliphatic rings. The molecule has 2 atom stereocenters. The molecule has 1 heterocycles. The second-order valence-electron chi connectivity index (χ2n) is 4.70. The van der Waals surface area contributed by atoms with Crippen molar-refractivity contribution in [3.05, 3.63) is 50.9 Å². The summed E-state index contributed by atoms with van der Waals surface area (Å²) in [5, 5.41) is 7.65. The number of rotatable bonds is 5. The van der Waals surface area contributed by atoms with Crippen LogP contribution in [0.2, 0.25) is 5.02 Å². The Balaban J connectivity index is 2.11. The van der Waals surface area contributed by atoms with Crippen LogP contribution < -0.4 is 5.32 Å². The van der Waals surface area contributed by atoms with Gasteiger partial charge in [0.1, 0.15) is 0 Å². The van der Waals surface area contributed by atoms with Crippen molar-refractivity contribution in [2.24, 2.45) is 0 Å². The highest BCUT2D eigenvalue weighted by Crippen LogP contribution is 2.24. The first-order valence-electron chi connectivity index (χ1n) is 6.53. The third-order valence-electron chi connectivity index (χ3n) is 3.19. The first kappa shape index (κ1) is 14.5. The Bertz CT molecular complexity index is 538. The second-order valence-corrected chi connectivity index (χ2v) is 6.19. The number of aryl methyl sites for hydroxylation is 1. The highest BCUT2D eigenvalue weighted by molar-refractivity contribution is 7.09. The van der Waals surface area contributed by atoms with Crippen molar-refractivity contribution < 1.29 is 0 Å². The number of benzene rings is 1. The van der Waals surface area contributed by atoms with E-state index in [1.807, 2.05) is 25.1 Å². The van der Waals surface area contributed by atoms with E-state index >= 15 is 0 Å². The summed E-state index contributed by atoms with van der Waals surface area (Å²) >= 11 is 7.76. The molecule has 19 heavy (non-hydrogen) atoms. The normalized spacial score (nSPS) is 14.3. The molecular weight excluding hydrogens is 276 g/mol. The lowest BCUT2D eigenvalue weighted by atomic mass is 10.0. The Morgan fingerprint density at radius 3 is 2.79 bits per heavy atom. The SMILES string of the molecule is CCC(NC(C)c1csc(C)n1)c1cccc(Cl)c1. The highest BCUT2D eigenvalue weighted by Gasteiger charge is 2.15. The van der Waals surface area contributed by atoms with Gasteiger partial charge in [-0.15, -0.1) is 11.3 Å². The van der Waals surface area contributed by atoms with E-state index in [0.717, 1.165) is 22.1 Å². The lowest BCUT2D eigenvalue weighted by molar-refractivity contribution is 0.451. The molecular formula is C15H19ClN2S. The van der Waals surface area contributed by atoms with Crippen molar-refractivity contribution in [3.63, 3.8) is 0 Å². The van der Waals surface area contributed by atoms with Gasteiger partial charge >= 0.3 is 0 Å². The molecule has 1 aromatic carbocycles. The number of nitrogens with one attached hydrogen (secondary N) is 1. The van der Waals surface area contributed by atoms with Gasteiger partial charge in [0.15, 0.2) is 0 Å². The van der Waals surface area contributed by atoms with E-state index in [2.05, 4.69) is 35.6 Å². The number of hydrogen-bond acceptors (Lipinski definition) is 3. The maximum Gasteiger partial charge on any atom is 0.0898 e. The van der Waals surface area contributed by atoms with Crippen LogP contribution in [-0.4, -0.2) is 4.98 Å². The third-order valence-corrected chi connectivity index (χ3v) is 4.22. The Hall–Kier alpha value is -0.900. The van der Waals surface area contributed by atoms with Crippen molar-refractivity contribution in [1.82, 2.24) is 10.3 Å². The molecule has 0 saturated heterocycles. The predicted octanol–water partition coefficient (Wildman–Crippen LogP) is 4.91. The topological polar surface area (TPSA) is 24.9 Å². The van der Waals surface area contributed by atoms with E-state index in [9.17, 15) is 0 Å². The fraction of sp³-hybridized carbons (Fsp3) is 0.400. The number of nitrogens with zero attached hydrogens (tertiary/aromatic N) is 1. The molecule has 0 fully saturated rings. The Morgan fingerprint density at radius 1 is 1.42 bits per heavy atom. The van der Waals surface area contributed by atoms with Crippen LogP contribution in [0, 0.1) is 6.92 Å². The molecule has 0 radical (unpaired) electrons. The first-order chi connectivity index (χ1) is 9.10. The summed E-state index contributed by atoms with van der Waals surface area (Å²) in [6.07, 6.45) is 1.02. The summed E-state index contributed by atoms with van der Waals surface area (Å²) in [6.45, 7) is 6.37. The maximum absolute atomic E-state index is 6.06. The predicted molar refractivity (Wildman–Crippen MR) is 82.9 cm³/mol. The Morgan fingerprint density at radius 2 is 2.21 bits per heavy atom. The molecule has 4 heteroatoms. The number of thiazole rings is 1. The van der Waals surface area contributed by atoms with Gasteiger partial charge in [-0.05, 0) is 38.0 Å². The first-order valence-corrected chi connectivity index (χ1v) is 7.79. The molecule has 2 aromatic rings. The molecule has 0 bridgehead atoms. The molecule has 0 aliphatic carbocycles. The van der Waals surface area contributed by atoms with Crippen LogP contribution in [0.4, 0.5) is 0 Å². The van der Waals surface area contributed by atoms with E-state index in [1.54, 1.807) is 11.3 Å². The van der Waals surface area contributed by atoms with Crippen molar-refractivity contribution >= 4 is 22.9 Å². The minimum atomic E-state index is 0.244. The molecule has 0 spiro atoms. The van der Waals surface area contributed by atoms with Crippen molar-refractivity contribution in [2.45, 2.75) is 39.3 Å². The van der Waals surface area contributed by atoms with Gasteiger partial charge in [-0.1, -0.05) is 30.7 Å². The highest BCUT2D eigenvalue weighted by atomic mass is 35.5. The molecule has 0 saturated carbocycles. The molecule has 1 N–H and O–H groups in total. The summed E-state index contributed by atoms with van der Waals surface area (Å²) in [5.74, 6) is 0. The van der Waals surface area contributed by atoms with Crippen LogP contribution in [0.5, 0.6) is 0 Å². The van der Waals surface area contributed by atoms with Gasteiger partial charge < -0.3 is 5.32 Å². The van der Waals surface area contributed by atoms with E-state index in [1.165, 1.54) is 5.56 Å². The van der Waals surface area contributed by atoms with Gasteiger partial charge in [-0.3, -0.25) is 0 Å². The molecule has 2 rings (SSSR count). The van der Waals surface area contributed by atoms with Crippen molar-refractivity contribution in [1.29, 1.82) is 0 Å². The van der Waals surface area contributed by atoms with Gasteiger partial charge in [0, 0.05) is 22.5 Å². The van der Waals surface area contributed by atoms with E-state index < -0.39 is 0 Å². The second kappa shape index (κ2) is 6.51. The van der Waals surface area contributed by atoms with Crippen molar-refractivity contribution in [2.75, 3.05) is 0 Å². The van der Waals surface area contributed by atoms with Gasteiger partial charge in [-0.25, -0.2) is 4.98 Å². The number of aromatic nitrogens is 1. The van der Waals surface area contributed by atoms with Gasteiger partial charge in [0.2, 0.25) is 0 Å². The van der Waals surface area contributed by atoms with Crippen LogP contribution in [-0.2, 0) is 0 Å². The van der Waals surface area contributed by atoms with Gasteiger partial charge in [-0.2, -0.15) is 0 Å². The van der Waals surface area contributed by atoms with Crippen molar-refractivity contribution in [3.8, 4) is 0 Å². The Kier molecular flexibility index (Phi) is 4.97. The van der Waals surface area contributed by atoms with Crippen LogP contribution in [0.3, 0.4) is 0 Å². The fourth-order valence-corrected chi connectivity index (χ4v) is 3.04. The average Bonchev–Trinajstić information content (AvgIpc) is 2.82. The average molecular weight is 295 g/mol. The minimum absolute atomic E-state index is 0.244. The molecule has 102 valence electrons. The van der Waals surface area contributed by atoms with Crippen LogP contribution in [0.25, 0.3) is 0 Å². The molecule has 2 unspecified atom stereocenters. The zero-order valence-electron chi connectivity index (χ0n) is 11.5. The standard InChI is InChI=1S/C15H19ClN2S/c1-4-14(12-6-5-7-13(16)8-12)17-10(2)15-9-19-11(3)18-15/h5-10,14,17H,4H2,1-3H3. The lowest BCUT2D eigenvalue weighted by Crippen LogP contribution is -2.24. The summed E-state index contributed by atoms with van der Waals surface area (Å²) in [4.78, 5) is 4.54. The summed E-state index contributed by atoms with van der Waals surface area (Å²) in [5.41, 5.74) is 2.34. The third kappa shape index (κ3) is 3.78. The quantitative estimate of drug-likeness (QED) is 0.848. The van der Waals surface area contributed by atoms with Crippen LogP contribution >= 0.6 is 22.9 Å². The maximum atomic E-state index is 6.06. The smallest absolute Gasteiger partial charge is 0.0898 e. The minimum Gasteiger partial charge on any atom is -0.302 e. The van der Waals surface area contributed by atoms with E-state index in [0.29, 0.717) is 6.04 Å². The zero-order valence-corrected chi connectivity index (χ0v) is 13.1. The van der Waals surface area contributed by atoms with Gasteiger partial charge in [0.25, 0.3) is 0 Å². The largest absolute Gasteiger partial charge is 0.302 e. The fourth-order valence-electron chi connectivity index (χ4n) is 2.14. The molecule has 2 nitrogen and oxygen atoms in total. The van der Waals surface area contributed by atoms with Crippen LogP contribution in [0.15, 0.2) is 29.6 Å². The summed E-state index contributed by atoms with van der Waals surface area (Å²) in [6, 6.07) is 8.60.